The number of likely N-dealkylation sites (N-methyl/N-ethyl adjacent to an activating group) is 1. The lowest BCUT2D eigenvalue weighted by atomic mass is 10.3. The minimum Gasteiger partial charge on any atom is -0.383 e. The van der Waals surface area contributed by atoms with Gasteiger partial charge in [-0.1, -0.05) is 0 Å². The molecule has 0 amide bonds. The van der Waals surface area contributed by atoms with Crippen molar-refractivity contribution < 1.29 is 4.74 Å². The number of nitrogens with zero attached hydrogens (tertiary/aromatic N) is 4. The van der Waals surface area contributed by atoms with Crippen molar-refractivity contribution >= 4 is 5.84 Å². The molecule has 0 N–H and O–H groups in total. The molecule has 0 radical (unpaired) electrons. The van der Waals surface area contributed by atoms with Crippen molar-refractivity contribution in [3.05, 3.63) is 12.3 Å². The Morgan fingerprint density at radius 2 is 2.06 bits per heavy atom. The summed E-state index contributed by atoms with van der Waals surface area (Å²) >= 11 is 0. The number of hydrogen-bond acceptors (Lipinski definition) is 5. The molecule has 1 fully saturated rings. The number of methoxy groups -OCH3 is 1. The Labute approximate surface area is 103 Å². The Morgan fingerprint density at radius 3 is 2.65 bits per heavy atom. The van der Waals surface area contributed by atoms with Crippen molar-refractivity contribution in [2.24, 2.45) is 4.99 Å². The SMILES string of the molecule is COCCN1C=CC(N2CCN(C)CC2)=NC1. The molecule has 0 unspecified atom stereocenters. The van der Waals surface area contributed by atoms with Gasteiger partial charge in [0.15, 0.2) is 0 Å². The highest BCUT2D eigenvalue weighted by Gasteiger charge is 2.17. The standard InChI is InChI=1S/C12H22N4O/c1-14-5-7-16(8-6-14)12-3-4-15(11-13-12)9-10-17-2/h3-4H,5-11H2,1-2H3. The number of amidine groups is 1. The van der Waals surface area contributed by atoms with Crippen LogP contribution in [0.4, 0.5) is 0 Å². The van der Waals surface area contributed by atoms with Gasteiger partial charge in [-0.05, 0) is 13.1 Å². The van der Waals surface area contributed by atoms with Crippen LogP contribution in [0.5, 0.6) is 0 Å². The van der Waals surface area contributed by atoms with Gasteiger partial charge in [0.25, 0.3) is 0 Å². The Balaban J connectivity index is 1.80. The molecule has 0 atom stereocenters. The summed E-state index contributed by atoms with van der Waals surface area (Å²) in [5, 5.41) is 0. The fourth-order valence-electron chi connectivity index (χ4n) is 2.03. The third-order valence-corrected chi connectivity index (χ3v) is 3.26. The number of rotatable bonds is 3. The van der Waals surface area contributed by atoms with E-state index in [0.717, 1.165) is 51.8 Å². The lowest BCUT2D eigenvalue weighted by Gasteiger charge is -2.35. The van der Waals surface area contributed by atoms with Crippen LogP contribution in [0, 0.1) is 0 Å². The molecule has 0 aromatic heterocycles. The lowest BCUT2D eigenvalue weighted by molar-refractivity contribution is 0.169. The van der Waals surface area contributed by atoms with Gasteiger partial charge in [-0.25, -0.2) is 4.99 Å². The summed E-state index contributed by atoms with van der Waals surface area (Å²) in [4.78, 5) is 11.5. The Hall–Kier alpha value is -1.07. The van der Waals surface area contributed by atoms with Crippen LogP contribution in [0.25, 0.3) is 0 Å². The molecule has 0 aromatic rings. The number of piperazine rings is 1. The van der Waals surface area contributed by atoms with Crippen LogP contribution in [-0.4, -0.2) is 80.7 Å². The van der Waals surface area contributed by atoms with Crippen LogP contribution in [0.1, 0.15) is 0 Å². The zero-order valence-electron chi connectivity index (χ0n) is 10.8. The number of hydrogen-bond donors (Lipinski definition) is 0. The summed E-state index contributed by atoms with van der Waals surface area (Å²) in [6, 6.07) is 0. The molecule has 2 aliphatic rings. The van der Waals surface area contributed by atoms with Crippen LogP contribution in [0.2, 0.25) is 0 Å². The highest BCUT2D eigenvalue weighted by molar-refractivity contribution is 5.93. The minimum atomic E-state index is 0.752. The summed E-state index contributed by atoms with van der Waals surface area (Å²) in [6.45, 7) is 6.83. The zero-order chi connectivity index (χ0) is 12.1. The number of ether oxygens (including phenoxy) is 1. The van der Waals surface area contributed by atoms with Crippen LogP contribution in [0.3, 0.4) is 0 Å². The summed E-state index contributed by atoms with van der Waals surface area (Å²) in [7, 11) is 3.90. The quantitative estimate of drug-likeness (QED) is 0.696. The van der Waals surface area contributed by atoms with E-state index in [4.69, 9.17) is 4.74 Å². The molecule has 0 aromatic carbocycles. The van der Waals surface area contributed by atoms with Gasteiger partial charge in [-0.15, -0.1) is 0 Å². The maximum atomic E-state index is 5.06. The van der Waals surface area contributed by atoms with Crippen molar-refractivity contribution in [3.63, 3.8) is 0 Å². The summed E-state index contributed by atoms with van der Waals surface area (Å²) in [6.07, 6.45) is 4.24. The van der Waals surface area contributed by atoms with Crippen molar-refractivity contribution in [2.45, 2.75) is 0 Å². The van der Waals surface area contributed by atoms with Crippen LogP contribution >= 0.6 is 0 Å². The number of aliphatic imine (C=N–C) groups is 1. The molecule has 0 aliphatic carbocycles. The van der Waals surface area contributed by atoms with E-state index < -0.39 is 0 Å². The first-order chi connectivity index (χ1) is 8.29. The molecule has 0 saturated carbocycles. The minimum absolute atomic E-state index is 0.752. The third-order valence-electron chi connectivity index (χ3n) is 3.26. The van der Waals surface area contributed by atoms with E-state index in [-0.39, 0.29) is 0 Å². The van der Waals surface area contributed by atoms with E-state index in [1.807, 2.05) is 0 Å². The van der Waals surface area contributed by atoms with Crippen LogP contribution in [-0.2, 0) is 4.74 Å². The van der Waals surface area contributed by atoms with Crippen LogP contribution < -0.4 is 0 Å². The molecule has 17 heavy (non-hydrogen) atoms. The smallest absolute Gasteiger partial charge is 0.127 e. The van der Waals surface area contributed by atoms with Crippen molar-refractivity contribution in [1.82, 2.24) is 14.7 Å². The fourth-order valence-corrected chi connectivity index (χ4v) is 2.03. The van der Waals surface area contributed by atoms with Gasteiger partial charge < -0.3 is 19.4 Å². The normalized spacial score (nSPS) is 21.9. The van der Waals surface area contributed by atoms with E-state index in [0.29, 0.717) is 0 Å². The molecule has 96 valence electrons. The van der Waals surface area contributed by atoms with Gasteiger partial charge in [0.05, 0.1) is 6.61 Å². The first-order valence-corrected chi connectivity index (χ1v) is 6.19. The van der Waals surface area contributed by atoms with Gasteiger partial charge in [-0.3, -0.25) is 0 Å². The summed E-state index contributed by atoms with van der Waals surface area (Å²) < 4.78 is 5.06. The predicted molar refractivity (Wildman–Crippen MR) is 69.1 cm³/mol. The Bertz CT molecular complexity index is 295. The highest BCUT2D eigenvalue weighted by Crippen LogP contribution is 2.06. The molecule has 5 nitrogen and oxygen atoms in total. The highest BCUT2D eigenvalue weighted by atomic mass is 16.5. The van der Waals surface area contributed by atoms with Gasteiger partial charge >= 0.3 is 0 Å². The second-order valence-electron chi connectivity index (χ2n) is 4.57. The van der Waals surface area contributed by atoms with E-state index in [9.17, 15) is 0 Å². The lowest BCUT2D eigenvalue weighted by Crippen LogP contribution is -2.47. The molecular weight excluding hydrogens is 216 g/mol. The van der Waals surface area contributed by atoms with Gasteiger partial charge in [0.2, 0.25) is 0 Å². The molecular formula is C12H22N4O. The topological polar surface area (TPSA) is 31.3 Å². The van der Waals surface area contributed by atoms with Gasteiger partial charge in [0.1, 0.15) is 12.5 Å². The van der Waals surface area contributed by atoms with E-state index >= 15 is 0 Å². The van der Waals surface area contributed by atoms with E-state index in [1.54, 1.807) is 7.11 Å². The first-order valence-electron chi connectivity index (χ1n) is 6.19. The molecule has 2 rings (SSSR count). The molecule has 5 heteroatoms. The molecule has 2 heterocycles. The van der Waals surface area contributed by atoms with Crippen molar-refractivity contribution in [2.75, 3.05) is 60.2 Å². The average Bonchev–Trinajstić information content (AvgIpc) is 2.38. The second-order valence-corrected chi connectivity index (χ2v) is 4.57. The van der Waals surface area contributed by atoms with Crippen molar-refractivity contribution in [3.8, 4) is 0 Å². The summed E-state index contributed by atoms with van der Waals surface area (Å²) in [5.74, 6) is 1.13. The average molecular weight is 238 g/mol. The van der Waals surface area contributed by atoms with E-state index in [2.05, 4.69) is 39.0 Å². The molecule has 1 saturated heterocycles. The van der Waals surface area contributed by atoms with Gasteiger partial charge in [0, 0.05) is 46.0 Å². The fraction of sp³-hybridized carbons (Fsp3) is 0.750. The predicted octanol–water partition coefficient (Wildman–Crippen LogP) is 0.0655. The van der Waals surface area contributed by atoms with Crippen molar-refractivity contribution in [1.29, 1.82) is 0 Å². The summed E-state index contributed by atoms with van der Waals surface area (Å²) in [5.41, 5.74) is 0. The first kappa shape index (κ1) is 12.4. The van der Waals surface area contributed by atoms with Crippen LogP contribution in [0.15, 0.2) is 17.3 Å². The third kappa shape index (κ3) is 3.44. The van der Waals surface area contributed by atoms with E-state index in [1.165, 1.54) is 0 Å². The Morgan fingerprint density at radius 1 is 1.29 bits per heavy atom. The monoisotopic (exact) mass is 238 g/mol. The molecule has 0 bridgehead atoms. The largest absolute Gasteiger partial charge is 0.383 e. The molecule has 0 spiro atoms. The second kappa shape index (κ2) is 6.02. The maximum Gasteiger partial charge on any atom is 0.127 e. The van der Waals surface area contributed by atoms with Gasteiger partial charge in [-0.2, -0.15) is 0 Å². The Kier molecular flexibility index (Phi) is 4.39. The maximum absolute atomic E-state index is 5.06. The zero-order valence-corrected chi connectivity index (χ0v) is 10.8. The molecule has 2 aliphatic heterocycles.